The lowest BCUT2D eigenvalue weighted by Crippen LogP contribution is -2.27. The number of rotatable bonds is 5. The van der Waals surface area contributed by atoms with Gasteiger partial charge >= 0.3 is 0 Å². The van der Waals surface area contributed by atoms with Crippen LogP contribution in [-0.4, -0.2) is 27.2 Å². The molecule has 0 unspecified atom stereocenters. The standard InChI is InChI=1S/C19H16FN5O/c20-14-3-4-17-15(7-14)16(8-18(24-17)13-1-2-13)19(26)22-5-6-25-11-12(9-21)10-23-25/h3-4,7-8,10-11,13H,1-2,5-6H2,(H,22,26). The van der Waals surface area contributed by atoms with Gasteiger partial charge in [-0.15, -0.1) is 0 Å². The third kappa shape index (κ3) is 3.26. The Bertz CT molecular complexity index is 1030. The normalized spacial score (nSPS) is 13.5. The van der Waals surface area contributed by atoms with Gasteiger partial charge in [0.2, 0.25) is 0 Å². The number of pyridine rings is 1. The third-order valence-corrected chi connectivity index (χ3v) is 4.42. The maximum Gasteiger partial charge on any atom is 0.252 e. The van der Waals surface area contributed by atoms with Gasteiger partial charge in [0.25, 0.3) is 5.91 Å². The van der Waals surface area contributed by atoms with Gasteiger partial charge in [-0.05, 0) is 37.1 Å². The molecular weight excluding hydrogens is 333 g/mol. The molecule has 1 fully saturated rings. The Morgan fingerprint density at radius 3 is 2.96 bits per heavy atom. The summed E-state index contributed by atoms with van der Waals surface area (Å²) in [7, 11) is 0. The summed E-state index contributed by atoms with van der Waals surface area (Å²) in [5.41, 5.74) is 2.43. The van der Waals surface area contributed by atoms with Crippen LogP contribution in [-0.2, 0) is 6.54 Å². The number of aromatic nitrogens is 3. The minimum Gasteiger partial charge on any atom is -0.350 e. The molecule has 6 nitrogen and oxygen atoms in total. The summed E-state index contributed by atoms with van der Waals surface area (Å²) in [5, 5.41) is 16.2. The zero-order chi connectivity index (χ0) is 18.1. The van der Waals surface area contributed by atoms with Crippen LogP contribution in [0.4, 0.5) is 4.39 Å². The Kier molecular flexibility index (Phi) is 4.09. The molecule has 26 heavy (non-hydrogen) atoms. The van der Waals surface area contributed by atoms with E-state index in [1.54, 1.807) is 23.0 Å². The molecule has 130 valence electrons. The molecule has 0 bridgehead atoms. The lowest BCUT2D eigenvalue weighted by molar-refractivity contribution is 0.0953. The van der Waals surface area contributed by atoms with Gasteiger partial charge < -0.3 is 5.32 Å². The van der Waals surface area contributed by atoms with Crippen molar-refractivity contribution in [2.45, 2.75) is 25.3 Å². The molecule has 0 aliphatic heterocycles. The first-order chi connectivity index (χ1) is 12.6. The number of hydrogen-bond donors (Lipinski definition) is 1. The summed E-state index contributed by atoms with van der Waals surface area (Å²) in [6.45, 7) is 0.795. The Balaban J connectivity index is 1.55. The van der Waals surface area contributed by atoms with E-state index in [0.717, 1.165) is 18.5 Å². The maximum atomic E-state index is 13.7. The molecule has 1 saturated carbocycles. The zero-order valence-electron chi connectivity index (χ0n) is 13.9. The van der Waals surface area contributed by atoms with Gasteiger partial charge in [-0.2, -0.15) is 10.4 Å². The molecule has 0 radical (unpaired) electrons. The highest BCUT2D eigenvalue weighted by atomic mass is 19.1. The molecule has 7 heteroatoms. The number of benzene rings is 1. The van der Waals surface area contributed by atoms with Crippen molar-refractivity contribution in [1.82, 2.24) is 20.1 Å². The second kappa shape index (κ2) is 6.56. The van der Waals surface area contributed by atoms with Crippen molar-refractivity contribution in [3.8, 4) is 6.07 Å². The quantitative estimate of drug-likeness (QED) is 0.768. The first-order valence-corrected chi connectivity index (χ1v) is 8.45. The molecule has 4 rings (SSSR count). The molecule has 0 saturated heterocycles. The van der Waals surface area contributed by atoms with Crippen molar-refractivity contribution in [2.75, 3.05) is 6.54 Å². The first-order valence-electron chi connectivity index (χ1n) is 8.45. The van der Waals surface area contributed by atoms with E-state index in [1.165, 1.54) is 18.3 Å². The number of fused-ring (bicyclic) bond motifs is 1. The number of amides is 1. The number of carbonyl (C=O) groups is 1. The number of nitriles is 1. The highest BCUT2D eigenvalue weighted by molar-refractivity contribution is 6.06. The fraction of sp³-hybridized carbons (Fsp3) is 0.263. The van der Waals surface area contributed by atoms with Crippen LogP contribution in [0.1, 0.15) is 40.4 Å². The molecule has 2 heterocycles. The highest BCUT2D eigenvalue weighted by Crippen LogP contribution is 2.40. The van der Waals surface area contributed by atoms with Gasteiger partial charge in [0, 0.05) is 29.7 Å². The highest BCUT2D eigenvalue weighted by Gasteiger charge is 2.27. The number of nitrogens with zero attached hydrogens (tertiary/aromatic N) is 4. The van der Waals surface area contributed by atoms with Gasteiger partial charge in [0.1, 0.15) is 11.9 Å². The Morgan fingerprint density at radius 1 is 1.38 bits per heavy atom. The smallest absolute Gasteiger partial charge is 0.252 e. The molecule has 0 spiro atoms. The average Bonchev–Trinajstić information content (AvgIpc) is 3.40. The zero-order valence-corrected chi connectivity index (χ0v) is 13.9. The van der Waals surface area contributed by atoms with Gasteiger partial charge in [-0.1, -0.05) is 0 Å². The van der Waals surface area contributed by atoms with E-state index in [0.29, 0.717) is 41.0 Å². The van der Waals surface area contributed by atoms with E-state index < -0.39 is 5.82 Å². The Labute approximate surface area is 149 Å². The van der Waals surface area contributed by atoms with Crippen molar-refractivity contribution in [1.29, 1.82) is 5.26 Å². The van der Waals surface area contributed by atoms with Crippen LogP contribution in [0.2, 0.25) is 0 Å². The van der Waals surface area contributed by atoms with Gasteiger partial charge in [0.15, 0.2) is 0 Å². The number of carbonyl (C=O) groups excluding carboxylic acids is 1. The van der Waals surface area contributed by atoms with E-state index in [2.05, 4.69) is 15.4 Å². The fourth-order valence-corrected chi connectivity index (χ4v) is 2.92. The summed E-state index contributed by atoms with van der Waals surface area (Å²) in [6.07, 6.45) is 5.24. The monoisotopic (exact) mass is 349 g/mol. The predicted molar refractivity (Wildman–Crippen MR) is 93.0 cm³/mol. The molecule has 1 amide bonds. The fourth-order valence-electron chi connectivity index (χ4n) is 2.92. The largest absolute Gasteiger partial charge is 0.350 e. The van der Waals surface area contributed by atoms with E-state index in [1.807, 2.05) is 6.07 Å². The first kappa shape index (κ1) is 16.2. The second-order valence-electron chi connectivity index (χ2n) is 6.39. The van der Waals surface area contributed by atoms with E-state index in [-0.39, 0.29) is 5.91 Å². The molecule has 1 aliphatic carbocycles. The Hall–Kier alpha value is -3.27. The van der Waals surface area contributed by atoms with Crippen LogP contribution in [0, 0.1) is 17.1 Å². The topological polar surface area (TPSA) is 83.6 Å². The molecular formula is C19H16FN5O. The number of nitrogens with one attached hydrogen (secondary N) is 1. The van der Waals surface area contributed by atoms with Crippen molar-refractivity contribution in [3.63, 3.8) is 0 Å². The summed E-state index contributed by atoms with van der Waals surface area (Å²) in [5.74, 6) is -0.268. The number of hydrogen-bond acceptors (Lipinski definition) is 4. The Morgan fingerprint density at radius 2 is 2.23 bits per heavy atom. The van der Waals surface area contributed by atoms with Crippen molar-refractivity contribution in [2.24, 2.45) is 0 Å². The molecule has 3 aromatic rings. The van der Waals surface area contributed by atoms with Crippen LogP contribution in [0.25, 0.3) is 10.9 Å². The molecule has 1 N–H and O–H groups in total. The van der Waals surface area contributed by atoms with Crippen LogP contribution in [0.15, 0.2) is 36.7 Å². The second-order valence-corrected chi connectivity index (χ2v) is 6.39. The van der Waals surface area contributed by atoms with Gasteiger partial charge in [-0.25, -0.2) is 4.39 Å². The van der Waals surface area contributed by atoms with Crippen molar-refractivity contribution in [3.05, 3.63) is 59.3 Å². The minimum absolute atomic E-state index is 0.266. The van der Waals surface area contributed by atoms with Crippen molar-refractivity contribution >= 4 is 16.8 Å². The third-order valence-electron chi connectivity index (χ3n) is 4.42. The average molecular weight is 349 g/mol. The maximum absolute atomic E-state index is 13.7. The molecule has 2 aromatic heterocycles. The van der Waals surface area contributed by atoms with Crippen LogP contribution in [0.5, 0.6) is 0 Å². The summed E-state index contributed by atoms with van der Waals surface area (Å²) < 4.78 is 15.3. The minimum atomic E-state index is -0.395. The molecule has 0 atom stereocenters. The summed E-state index contributed by atoms with van der Waals surface area (Å²) in [6, 6.07) is 8.10. The predicted octanol–water partition coefficient (Wildman–Crippen LogP) is 2.75. The van der Waals surface area contributed by atoms with Crippen LogP contribution in [0.3, 0.4) is 0 Å². The van der Waals surface area contributed by atoms with Gasteiger partial charge in [-0.3, -0.25) is 14.5 Å². The van der Waals surface area contributed by atoms with Crippen LogP contribution >= 0.6 is 0 Å². The van der Waals surface area contributed by atoms with E-state index in [9.17, 15) is 9.18 Å². The SMILES string of the molecule is N#Cc1cnn(CCNC(=O)c2cc(C3CC3)nc3ccc(F)cc23)c1. The van der Waals surface area contributed by atoms with E-state index in [4.69, 9.17) is 5.26 Å². The lowest BCUT2D eigenvalue weighted by Gasteiger charge is -2.10. The van der Waals surface area contributed by atoms with Gasteiger partial charge in [0.05, 0.1) is 29.4 Å². The molecule has 1 aromatic carbocycles. The van der Waals surface area contributed by atoms with E-state index >= 15 is 0 Å². The van der Waals surface area contributed by atoms with Crippen LogP contribution < -0.4 is 5.32 Å². The summed E-state index contributed by atoms with van der Waals surface area (Å²) >= 11 is 0. The summed E-state index contributed by atoms with van der Waals surface area (Å²) in [4.78, 5) is 17.2. The number of halogens is 1. The van der Waals surface area contributed by atoms with Crippen molar-refractivity contribution < 1.29 is 9.18 Å². The molecule has 1 aliphatic rings. The lowest BCUT2D eigenvalue weighted by atomic mass is 10.1.